The molecular weight excluding hydrogens is 1470 g/mol. The van der Waals surface area contributed by atoms with E-state index in [0.29, 0.717) is 57.2 Å². The van der Waals surface area contributed by atoms with Crippen molar-refractivity contribution >= 4 is 204 Å². The maximum absolute atomic E-state index is 13.9. The predicted molar refractivity (Wildman–Crippen MR) is 476 cm³/mol. The summed E-state index contributed by atoms with van der Waals surface area (Å²) in [6.07, 6.45) is 35.2. The zero-order valence-corrected chi connectivity index (χ0v) is 75.2. The molecule has 101 heavy (non-hydrogen) atoms. The van der Waals surface area contributed by atoms with Crippen LogP contribution in [0, 0.1) is 35.5 Å². The zero-order chi connectivity index (χ0) is 71.9. The molecule has 0 aromatic carbocycles. The average Bonchev–Trinajstić information content (AvgIpc) is 1.54. The van der Waals surface area contributed by atoms with Crippen LogP contribution in [0.5, 0.6) is 0 Å². The predicted octanol–water partition coefficient (Wildman–Crippen LogP) is 25.8. The fourth-order valence-corrected chi connectivity index (χ4v) is 52.8. The normalized spacial score (nSPS) is 21.7. The molecule has 17 heteroatoms. The van der Waals surface area contributed by atoms with Crippen molar-refractivity contribution in [2.24, 2.45) is 35.5 Å². The molecule has 0 bridgehead atoms. The second-order valence-electron chi connectivity index (χ2n) is 31.0. The summed E-state index contributed by atoms with van der Waals surface area (Å²) in [5, 5.41) is 10.5. The van der Waals surface area contributed by atoms with E-state index < -0.39 is 24.2 Å². The molecule has 2 amide bonds. The van der Waals surface area contributed by atoms with Crippen LogP contribution in [0.15, 0.2) is 46.2 Å². The first-order valence-corrected chi connectivity index (χ1v) is 54.9. The zero-order valence-electron chi connectivity index (χ0n) is 64.0. The second kappa shape index (κ2) is 36.1. The number of likely N-dealkylation sites (N-methyl/N-ethyl adjacent to an activating group) is 2. The SMILES string of the molecule is CCCCC(CC)C[Si]1(CC(CC)CCCC)c2cc(/C=C3\SC(=S)N(CC)C3=O)sc2-c2sc(-c3cc4c(s3)-c3sc(-c5cc6c(s5)-c5sc(/C=C7\SC(=S)N(CC)C7=O)cc5[Si]6(CC(CC)CCCC)CC(CC)CCCC)cc3[Si]4(CC(CC)CCCC)CC(CC)CCCC)cc21. The molecule has 6 atom stereocenters. The van der Waals surface area contributed by atoms with Crippen LogP contribution in [-0.2, 0) is 9.59 Å². The third kappa shape index (κ3) is 16.3. The van der Waals surface area contributed by atoms with E-state index in [4.69, 9.17) is 24.4 Å². The number of hydrogen-bond acceptors (Lipinski definition) is 12. The molecule has 5 aliphatic rings. The molecule has 6 unspecified atom stereocenters. The van der Waals surface area contributed by atoms with Gasteiger partial charge in [0.15, 0.2) is 0 Å². The number of carbonyl (C=O) groups is 2. The van der Waals surface area contributed by atoms with Crippen LogP contribution in [0.25, 0.3) is 60.9 Å². The maximum Gasteiger partial charge on any atom is 0.266 e. The van der Waals surface area contributed by atoms with Gasteiger partial charge in [-0.15, -0.1) is 68.0 Å². The highest BCUT2D eigenvalue weighted by Crippen LogP contribution is 2.55. The molecule has 0 saturated carbocycles. The molecule has 2 fully saturated rings. The Morgan fingerprint density at radius 2 is 0.554 bits per heavy atom. The molecule has 0 spiro atoms. The largest absolute Gasteiger partial charge is 0.293 e. The van der Waals surface area contributed by atoms with Gasteiger partial charge in [-0.2, -0.15) is 0 Å². The number of thiophene rings is 6. The van der Waals surface area contributed by atoms with Gasteiger partial charge >= 0.3 is 0 Å². The average molecular weight is 1590 g/mol. The number of thiocarbonyl (C=S) groups is 2. The number of thioether (sulfide) groups is 2. The lowest BCUT2D eigenvalue weighted by atomic mass is 10.0. The smallest absolute Gasteiger partial charge is 0.266 e. The number of carbonyl (C=O) groups excluding carboxylic acids is 2. The number of rotatable bonds is 42. The molecule has 11 rings (SSSR count). The summed E-state index contributed by atoms with van der Waals surface area (Å²) in [7, 11) is -7.14. The highest BCUT2D eigenvalue weighted by atomic mass is 32.2. The van der Waals surface area contributed by atoms with Crippen LogP contribution in [-0.4, -0.2) is 67.6 Å². The van der Waals surface area contributed by atoms with E-state index in [0.717, 1.165) is 9.81 Å². The van der Waals surface area contributed by atoms with Crippen molar-refractivity contribution in [2.75, 3.05) is 13.1 Å². The molecule has 6 aromatic rings. The van der Waals surface area contributed by atoms with Crippen LogP contribution in [0.4, 0.5) is 0 Å². The molecule has 6 aromatic heterocycles. The minimum absolute atomic E-state index is 0.0697. The number of hydrogen-bond donors (Lipinski definition) is 0. The number of amides is 2. The van der Waals surface area contributed by atoms with Gasteiger partial charge in [-0.25, -0.2) is 0 Å². The lowest BCUT2D eigenvalue weighted by Crippen LogP contribution is -2.57. The molecule has 0 radical (unpaired) electrons. The summed E-state index contributed by atoms with van der Waals surface area (Å²) in [5.74, 6) is 4.35. The Hall–Kier alpha value is -1.85. The van der Waals surface area contributed by atoms with E-state index >= 15 is 0 Å². The van der Waals surface area contributed by atoms with Crippen LogP contribution in [0.3, 0.4) is 0 Å². The van der Waals surface area contributed by atoms with Crippen molar-refractivity contribution in [3.8, 4) is 48.8 Å². The third-order valence-electron chi connectivity index (χ3n) is 24.6. The molecule has 2 saturated heterocycles. The Labute approximate surface area is 657 Å². The Kier molecular flexibility index (Phi) is 28.7. The Balaban J connectivity index is 1.11. The van der Waals surface area contributed by atoms with E-state index in [1.807, 2.05) is 36.5 Å². The molecule has 550 valence electrons. The van der Waals surface area contributed by atoms with Crippen molar-refractivity contribution in [1.82, 2.24) is 9.80 Å². The van der Waals surface area contributed by atoms with Gasteiger partial charge in [-0.05, 0) is 165 Å². The van der Waals surface area contributed by atoms with E-state index in [-0.39, 0.29) is 11.8 Å². The highest BCUT2D eigenvalue weighted by molar-refractivity contribution is 8.27. The Morgan fingerprint density at radius 1 is 0.337 bits per heavy atom. The van der Waals surface area contributed by atoms with Crippen LogP contribution in [0.1, 0.15) is 261 Å². The third-order valence-corrected chi connectivity index (χ3v) is 52.3. The molecule has 4 nitrogen and oxygen atoms in total. The topological polar surface area (TPSA) is 40.6 Å². The van der Waals surface area contributed by atoms with Gasteiger partial charge in [0.1, 0.15) is 32.9 Å². The van der Waals surface area contributed by atoms with Crippen LogP contribution in [0.2, 0.25) is 36.3 Å². The quantitative estimate of drug-likeness (QED) is 0.0216. The molecule has 0 N–H and O–H groups in total. The lowest BCUT2D eigenvalue weighted by Gasteiger charge is -2.36. The van der Waals surface area contributed by atoms with Crippen molar-refractivity contribution in [1.29, 1.82) is 0 Å². The molecular formula is C84H120N2O2S10Si3. The fraction of sp³-hybridized carbons (Fsp3) is 0.619. The Bertz CT molecular complexity index is 3640. The van der Waals surface area contributed by atoms with E-state index in [1.165, 1.54) is 253 Å². The Morgan fingerprint density at radius 3 is 0.752 bits per heavy atom. The fourth-order valence-electron chi connectivity index (χ4n) is 18.6. The number of nitrogens with zero attached hydrogens (tertiary/aromatic N) is 2. The highest BCUT2D eigenvalue weighted by Gasteiger charge is 2.54. The molecule has 5 aliphatic heterocycles. The summed E-state index contributed by atoms with van der Waals surface area (Å²) in [6.45, 7) is 34.7. The van der Waals surface area contributed by atoms with E-state index in [1.54, 1.807) is 60.4 Å². The minimum atomic E-state index is -2.41. The van der Waals surface area contributed by atoms with E-state index in [2.05, 4.69) is 177 Å². The second-order valence-corrected chi connectivity index (χ2v) is 52.9. The summed E-state index contributed by atoms with van der Waals surface area (Å²) >= 11 is 27.3. The van der Waals surface area contributed by atoms with Crippen molar-refractivity contribution < 1.29 is 9.59 Å². The lowest BCUT2D eigenvalue weighted by molar-refractivity contribution is -0.122. The van der Waals surface area contributed by atoms with E-state index in [9.17, 15) is 9.59 Å². The van der Waals surface area contributed by atoms with Crippen molar-refractivity contribution in [3.05, 3.63) is 56.0 Å². The monoisotopic (exact) mass is 1590 g/mol. The van der Waals surface area contributed by atoms with Gasteiger partial charge in [0, 0.05) is 71.6 Å². The summed E-state index contributed by atoms with van der Waals surface area (Å²) in [6, 6.07) is 24.7. The molecule has 0 aliphatic carbocycles. The summed E-state index contributed by atoms with van der Waals surface area (Å²) in [5.41, 5.74) is 0. The van der Waals surface area contributed by atoms with Gasteiger partial charge in [0.25, 0.3) is 11.8 Å². The first kappa shape index (κ1) is 80.2. The van der Waals surface area contributed by atoms with Gasteiger partial charge < -0.3 is 0 Å². The standard InChI is InChI=1S/C84H120N2O2S10Si3/c1-15-29-35-55(21-7)49-99(50-56(22-8)36-30-16-2)69-43-61(41-67-81(87)85(27-13)83(89)97-67)91-75(69)77-71(99)45-63(93-77)65-47-73-79(95-65)80-74(101(73,53-59(25-11)39-33-19-5)54-60(26-12)40-34-20-6)48-66(96-80)64-46-72-78(94-64)76-70(44-62(92-76)42-68-82(88)86(28-14)84(90)98-68)100(72,51-57(23-9)37-31-17-3)52-58(24-10)38-32-18-4/h41-48,55-60H,15-40,49-54H2,1-14H3/b67-41-,68-42-. The summed E-state index contributed by atoms with van der Waals surface area (Å²) < 4.78 is 1.38. The maximum atomic E-state index is 13.9. The minimum Gasteiger partial charge on any atom is -0.293 e. The van der Waals surface area contributed by atoms with Gasteiger partial charge in [-0.1, -0.05) is 285 Å². The first-order valence-electron chi connectivity index (χ1n) is 40.3. The summed E-state index contributed by atoms with van der Waals surface area (Å²) in [4.78, 5) is 51.1. The first-order chi connectivity index (χ1) is 49.0. The van der Waals surface area contributed by atoms with Gasteiger partial charge in [0.2, 0.25) is 0 Å². The van der Waals surface area contributed by atoms with Gasteiger partial charge in [0.05, 0.1) is 9.81 Å². The van der Waals surface area contributed by atoms with Gasteiger partial charge in [-0.3, -0.25) is 19.4 Å². The van der Waals surface area contributed by atoms with Crippen molar-refractivity contribution in [3.63, 3.8) is 0 Å². The number of fused-ring (bicyclic) bond motifs is 9. The van der Waals surface area contributed by atoms with Crippen molar-refractivity contribution in [2.45, 2.75) is 287 Å². The number of unbranched alkanes of at least 4 members (excludes halogenated alkanes) is 6. The molecule has 11 heterocycles. The van der Waals surface area contributed by atoms with Crippen LogP contribution >= 0.6 is 116 Å². The van der Waals surface area contributed by atoms with Crippen LogP contribution < -0.4 is 31.1 Å².